The fourth-order valence-corrected chi connectivity index (χ4v) is 8.96. The monoisotopic (exact) mass is 668 g/mol. The van der Waals surface area contributed by atoms with Gasteiger partial charge in [0.1, 0.15) is 0 Å². The number of rotatable bonds is 7. The summed E-state index contributed by atoms with van der Waals surface area (Å²) in [5.74, 6) is 0.637. The highest BCUT2D eigenvalue weighted by molar-refractivity contribution is 5.76. The minimum absolute atomic E-state index is 0.318. The molecular weight excluding hydrogens is 629 g/mol. The summed E-state index contributed by atoms with van der Waals surface area (Å²) in [6.07, 6.45) is 18.3. The van der Waals surface area contributed by atoms with E-state index < -0.39 is 0 Å². The highest BCUT2D eigenvalue weighted by Gasteiger charge is 2.28. The molecule has 2 heteroatoms. The number of hydrogen-bond donors (Lipinski definition) is 0. The zero-order valence-electron chi connectivity index (χ0n) is 29.2. The second-order valence-corrected chi connectivity index (χ2v) is 14.4. The van der Waals surface area contributed by atoms with Crippen LogP contribution in [0, 0.1) is 0 Å². The number of hydrogen-bond acceptors (Lipinski definition) is 2. The molecular formula is C50H40N2. The molecule has 2 nitrogen and oxygen atoms in total. The van der Waals surface area contributed by atoms with Crippen molar-refractivity contribution in [3.8, 4) is 11.1 Å². The Morgan fingerprint density at radius 1 is 0.365 bits per heavy atom. The van der Waals surface area contributed by atoms with Crippen LogP contribution in [0.2, 0.25) is 0 Å². The molecule has 0 spiro atoms. The molecule has 0 radical (unpaired) electrons. The van der Waals surface area contributed by atoms with Crippen molar-refractivity contribution in [3.05, 3.63) is 227 Å². The fourth-order valence-electron chi connectivity index (χ4n) is 8.96. The number of para-hydroxylation sites is 2. The van der Waals surface area contributed by atoms with Crippen LogP contribution in [0.5, 0.6) is 0 Å². The van der Waals surface area contributed by atoms with Crippen LogP contribution in [0.4, 0.5) is 22.7 Å². The largest absolute Gasteiger partial charge is 0.314 e. The zero-order chi connectivity index (χ0) is 34.4. The fraction of sp³-hybridized carbons (Fsp3) is 0.120. The third kappa shape index (κ3) is 5.43. The molecule has 2 unspecified atom stereocenters. The molecule has 6 aromatic carbocycles. The van der Waals surface area contributed by atoms with E-state index in [2.05, 4.69) is 192 Å². The molecule has 52 heavy (non-hydrogen) atoms. The van der Waals surface area contributed by atoms with E-state index in [-0.39, 0.29) is 0 Å². The molecule has 6 aromatic rings. The molecule has 250 valence electrons. The highest BCUT2D eigenvalue weighted by atomic mass is 15.2. The molecule has 0 aliphatic heterocycles. The van der Waals surface area contributed by atoms with Crippen molar-refractivity contribution in [1.82, 2.24) is 0 Å². The van der Waals surface area contributed by atoms with Gasteiger partial charge in [0.2, 0.25) is 0 Å². The van der Waals surface area contributed by atoms with Crippen molar-refractivity contribution in [1.29, 1.82) is 0 Å². The van der Waals surface area contributed by atoms with Gasteiger partial charge in [-0.15, -0.1) is 0 Å². The third-order valence-electron chi connectivity index (χ3n) is 11.3. The molecule has 0 aromatic heterocycles. The van der Waals surface area contributed by atoms with Crippen molar-refractivity contribution in [2.24, 2.45) is 0 Å². The Labute approximate surface area is 307 Å². The predicted octanol–water partition coefficient (Wildman–Crippen LogP) is 12.3. The molecule has 0 amide bonds. The van der Waals surface area contributed by atoms with Crippen LogP contribution < -0.4 is 9.80 Å². The third-order valence-corrected chi connectivity index (χ3v) is 11.3. The molecule has 0 heterocycles. The zero-order valence-corrected chi connectivity index (χ0v) is 29.2. The van der Waals surface area contributed by atoms with Gasteiger partial charge in [-0.05, 0) is 106 Å². The van der Waals surface area contributed by atoms with Crippen LogP contribution in [0.3, 0.4) is 0 Å². The highest BCUT2D eigenvalue weighted by Crippen LogP contribution is 2.43. The maximum absolute atomic E-state index is 2.48. The van der Waals surface area contributed by atoms with Crippen molar-refractivity contribution in [2.75, 3.05) is 9.80 Å². The van der Waals surface area contributed by atoms with Crippen LogP contribution in [0.25, 0.3) is 11.1 Å². The molecule has 4 aliphatic rings. The Hall–Kier alpha value is -6.12. The minimum Gasteiger partial charge on any atom is -0.314 e. The SMILES string of the molecule is C1=CC2C=C(N(c3ccccc3)c3ccc(-c4ccc(N(C5=CC6C=CCc7cccc(c76)C5)c5ccccc5)cc4)cc3)Cc3cccc(c32)C1. The first-order valence-corrected chi connectivity index (χ1v) is 18.6. The maximum Gasteiger partial charge on any atom is 0.0458 e. The molecule has 2 atom stereocenters. The van der Waals surface area contributed by atoms with Crippen molar-refractivity contribution in [2.45, 2.75) is 37.5 Å². The quantitative estimate of drug-likeness (QED) is 0.156. The Bertz CT molecular complexity index is 2220. The predicted molar refractivity (Wildman–Crippen MR) is 217 cm³/mol. The first-order chi connectivity index (χ1) is 25.8. The Morgan fingerprint density at radius 3 is 1.17 bits per heavy atom. The smallest absolute Gasteiger partial charge is 0.0458 e. The summed E-state index contributed by atoms with van der Waals surface area (Å²) in [6, 6.07) is 53.6. The van der Waals surface area contributed by atoms with E-state index in [1.54, 1.807) is 0 Å². The van der Waals surface area contributed by atoms with Crippen LogP contribution >= 0.6 is 0 Å². The lowest BCUT2D eigenvalue weighted by Gasteiger charge is -2.34. The summed E-state index contributed by atoms with van der Waals surface area (Å²) in [7, 11) is 0. The standard InChI is InChI=1S/C50H40N2/c1-3-19-43(20-4-1)51(47-31-39-15-7-11-37-12-8-16-40(32-47)49(37)39)45-27-23-35(24-28-45)36-25-29-46(30-26-36)52(44-21-5-2-6-22-44)48-33-41-17-9-13-38-14-10-18-42(34-48)50(38)41/h1-11,13,15-30,32,34,40,42H,12,14,31,33H2. The molecule has 0 saturated heterocycles. The first-order valence-electron chi connectivity index (χ1n) is 18.6. The molecule has 0 saturated carbocycles. The second-order valence-electron chi connectivity index (χ2n) is 14.4. The van der Waals surface area contributed by atoms with Crippen LogP contribution in [-0.4, -0.2) is 0 Å². The van der Waals surface area contributed by atoms with Gasteiger partial charge in [-0.2, -0.15) is 0 Å². The van der Waals surface area contributed by atoms with Crippen molar-refractivity contribution in [3.63, 3.8) is 0 Å². The van der Waals surface area contributed by atoms with Gasteiger partial charge in [-0.3, -0.25) is 0 Å². The molecule has 10 rings (SSSR count). The van der Waals surface area contributed by atoms with Crippen LogP contribution in [0.15, 0.2) is 193 Å². The minimum atomic E-state index is 0.318. The van der Waals surface area contributed by atoms with Gasteiger partial charge in [-0.25, -0.2) is 0 Å². The van der Waals surface area contributed by atoms with Gasteiger partial charge in [0, 0.05) is 58.8 Å². The lowest BCUT2D eigenvalue weighted by atomic mass is 9.79. The lowest BCUT2D eigenvalue weighted by molar-refractivity contribution is 0.875. The van der Waals surface area contributed by atoms with Gasteiger partial charge in [0.25, 0.3) is 0 Å². The number of allylic oxidation sites excluding steroid dienone is 8. The van der Waals surface area contributed by atoms with E-state index in [1.165, 1.54) is 78.7 Å². The number of nitrogens with zero attached hydrogens (tertiary/aromatic N) is 2. The normalized spacial score (nSPS) is 17.8. The van der Waals surface area contributed by atoms with Gasteiger partial charge >= 0.3 is 0 Å². The van der Waals surface area contributed by atoms with Crippen molar-refractivity contribution >= 4 is 22.7 Å². The van der Waals surface area contributed by atoms with Gasteiger partial charge in [0.15, 0.2) is 0 Å². The lowest BCUT2D eigenvalue weighted by Crippen LogP contribution is -2.23. The summed E-state index contributed by atoms with van der Waals surface area (Å²) in [5.41, 5.74) is 18.6. The van der Waals surface area contributed by atoms with E-state index in [1.807, 2.05) is 0 Å². The van der Waals surface area contributed by atoms with E-state index in [0.717, 1.165) is 25.7 Å². The maximum atomic E-state index is 2.48. The second kappa shape index (κ2) is 12.9. The van der Waals surface area contributed by atoms with Gasteiger partial charge in [-0.1, -0.05) is 134 Å². The van der Waals surface area contributed by atoms with Crippen LogP contribution in [0.1, 0.15) is 45.2 Å². The summed E-state index contributed by atoms with van der Waals surface area (Å²) < 4.78 is 0. The summed E-state index contributed by atoms with van der Waals surface area (Å²) in [5, 5.41) is 0. The molecule has 0 fully saturated rings. The Morgan fingerprint density at radius 2 is 0.750 bits per heavy atom. The van der Waals surface area contributed by atoms with E-state index in [4.69, 9.17) is 0 Å². The summed E-state index contributed by atoms with van der Waals surface area (Å²) >= 11 is 0. The average molecular weight is 669 g/mol. The van der Waals surface area contributed by atoms with E-state index >= 15 is 0 Å². The first kappa shape index (κ1) is 30.7. The molecule has 0 N–H and O–H groups in total. The average Bonchev–Trinajstić information content (AvgIpc) is 3.20. The van der Waals surface area contributed by atoms with Crippen molar-refractivity contribution < 1.29 is 0 Å². The topological polar surface area (TPSA) is 6.48 Å². The van der Waals surface area contributed by atoms with E-state index in [9.17, 15) is 0 Å². The van der Waals surface area contributed by atoms with Crippen LogP contribution in [-0.2, 0) is 25.7 Å². The number of benzene rings is 6. The summed E-state index contributed by atoms with van der Waals surface area (Å²) in [4.78, 5) is 4.90. The number of anilines is 4. The van der Waals surface area contributed by atoms with E-state index in [0.29, 0.717) is 11.8 Å². The Balaban J connectivity index is 0.969. The summed E-state index contributed by atoms with van der Waals surface area (Å²) in [6.45, 7) is 0. The van der Waals surface area contributed by atoms with Gasteiger partial charge < -0.3 is 9.80 Å². The van der Waals surface area contributed by atoms with Gasteiger partial charge in [0.05, 0.1) is 0 Å². The molecule has 4 aliphatic carbocycles. The Kier molecular flexibility index (Phi) is 7.61. The molecule has 0 bridgehead atoms.